The monoisotopic (exact) mass is 371 g/mol. The molecule has 3 aromatic rings. The maximum Gasteiger partial charge on any atom is 0.298 e. The first-order chi connectivity index (χ1) is 12.6. The Morgan fingerprint density at radius 1 is 1.23 bits per heavy atom. The predicted molar refractivity (Wildman–Crippen MR) is 104 cm³/mol. The average Bonchev–Trinajstić information content (AvgIpc) is 3.02. The molecule has 0 aliphatic carbocycles. The van der Waals surface area contributed by atoms with Crippen LogP contribution < -0.4 is 4.74 Å². The number of imidazole rings is 1. The molecule has 0 amide bonds. The number of carbonyl (C=O) groups is 1. The van der Waals surface area contributed by atoms with Crippen molar-refractivity contribution < 1.29 is 9.53 Å². The Labute approximate surface area is 158 Å². The largest absolute Gasteiger partial charge is 0.468 e. The van der Waals surface area contributed by atoms with Crippen molar-refractivity contribution in [2.45, 2.75) is 39.2 Å². The minimum absolute atomic E-state index is 0.267. The van der Waals surface area contributed by atoms with Gasteiger partial charge in [0.25, 0.3) is 6.01 Å². The normalized spacial score (nSPS) is 11.3. The maximum absolute atomic E-state index is 10.7. The molecule has 2 aromatic heterocycles. The summed E-state index contributed by atoms with van der Waals surface area (Å²) in [5, 5.41) is 0.591. The lowest BCUT2D eigenvalue weighted by molar-refractivity contribution is -0.107. The molecule has 5 nitrogen and oxygen atoms in total. The molecular weight excluding hydrogens is 350 g/mol. The molecule has 2 heterocycles. The van der Waals surface area contributed by atoms with Gasteiger partial charge in [-0.15, -0.1) is 0 Å². The second-order valence-corrected chi connectivity index (χ2v) is 6.56. The van der Waals surface area contributed by atoms with Crippen LogP contribution in [-0.2, 0) is 11.2 Å². The minimum Gasteiger partial charge on any atom is -0.468 e. The van der Waals surface area contributed by atoms with E-state index in [9.17, 15) is 4.79 Å². The minimum atomic E-state index is 0.267. The van der Waals surface area contributed by atoms with E-state index in [2.05, 4.69) is 28.4 Å². The van der Waals surface area contributed by atoms with E-state index in [4.69, 9.17) is 16.3 Å². The summed E-state index contributed by atoms with van der Waals surface area (Å²) in [5.41, 5.74) is 4.22. The van der Waals surface area contributed by atoms with E-state index in [-0.39, 0.29) is 6.04 Å². The van der Waals surface area contributed by atoms with Gasteiger partial charge in [-0.05, 0) is 30.5 Å². The topological polar surface area (TPSA) is 57.0 Å². The molecule has 0 fully saturated rings. The van der Waals surface area contributed by atoms with Crippen molar-refractivity contribution >= 4 is 29.1 Å². The number of hydrogen-bond donors (Lipinski definition) is 0. The van der Waals surface area contributed by atoms with Crippen molar-refractivity contribution in [1.82, 2.24) is 14.5 Å². The highest BCUT2D eigenvalue weighted by Crippen LogP contribution is 2.36. The third-order valence-electron chi connectivity index (χ3n) is 4.68. The van der Waals surface area contributed by atoms with Crippen LogP contribution in [0.5, 0.6) is 6.01 Å². The van der Waals surface area contributed by atoms with Crippen molar-refractivity contribution in [3.05, 3.63) is 41.0 Å². The van der Waals surface area contributed by atoms with Crippen LogP contribution in [0.2, 0.25) is 5.02 Å². The highest BCUT2D eigenvalue weighted by Gasteiger charge is 2.21. The zero-order valence-corrected chi connectivity index (χ0v) is 16.0. The number of ether oxygens (including phenoxy) is 1. The van der Waals surface area contributed by atoms with E-state index < -0.39 is 0 Å². The summed E-state index contributed by atoms with van der Waals surface area (Å²) in [6.07, 6.45) is 4.92. The lowest BCUT2D eigenvalue weighted by atomic mass is 10.0. The summed E-state index contributed by atoms with van der Waals surface area (Å²) >= 11 is 6.50. The Morgan fingerprint density at radius 2 is 2.00 bits per heavy atom. The van der Waals surface area contributed by atoms with Gasteiger partial charge in [0, 0.05) is 34.8 Å². The van der Waals surface area contributed by atoms with E-state index in [1.54, 1.807) is 13.3 Å². The fourth-order valence-electron chi connectivity index (χ4n) is 3.31. The van der Waals surface area contributed by atoms with Crippen LogP contribution >= 0.6 is 11.6 Å². The zero-order chi connectivity index (χ0) is 18.7. The first-order valence-electron chi connectivity index (χ1n) is 8.77. The van der Waals surface area contributed by atoms with Gasteiger partial charge in [0.15, 0.2) is 5.65 Å². The third-order valence-corrected chi connectivity index (χ3v) is 4.99. The van der Waals surface area contributed by atoms with Gasteiger partial charge in [0.1, 0.15) is 11.8 Å². The van der Waals surface area contributed by atoms with E-state index in [1.165, 1.54) is 0 Å². The van der Waals surface area contributed by atoms with Gasteiger partial charge in [-0.1, -0.05) is 37.6 Å². The Morgan fingerprint density at radius 3 is 2.62 bits per heavy atom. The van der Waals surface area contributed by atoms with Gasteiger partial charge in [0.05, 0.1) is 7.11 Å². The first kappa shape index (κ1) is 18.4. The number of hydrogen-bond acceptors (Lipinski definition) is 4. The van der Waals surface area contributed by atoms with Gasteiger partial charge in [-0.3, -0.25) is 4.57 Å². The fraction of sp³-hybridized carbons (Fsp3) is 0.350. The lowest BCUT2D eigenvalue weighted by Crippen LogP contribution is -2.09. The van der Waals surface area contributed by atoms with Crippen LogP contribution in [0.3, 0.4) is 0 Å². The second-order valence-electron chi connectivity index (χ2n) is 6.15. The number of benzene rings is 1. The quantitative estimate of drug-likeness (QED) is 0.556. The fourth-order valence-corrected chi connectivity index (χ4v) is 3.62. The zero-order valence-electron chi connectivity index (χ0n) is 15.2. The van der Waals surface area contributed by atoms with E-state index >= 15 is 0 Å². The van der Waals surface area contributed by atoms with E-state index in [0.717, 1.165) is 47.0 Å². The lowest BCUT2D eigenvalue weighted by Gasteiger charge is -2.17. The number of aromatic nitrogens is 3. The molecule has 0 aliphatic heterocycles. The number of halogens is 1. The van der Waals surface area contributed by atoms with Gasteiger partial charge >= 0.3 is 0 Å². The molecule has 0 saturated heterocycles. The molecule has 3 rings (SSSR count). The first-order valence-corrected chi connectivity index (χ1v) is 9.15. The molecule has 1 aromatic carbocycles. The number of fused-ring (bicyclic) bond motifs is 1. The molecule has 0 bridgehead atoms. The summed E-state index contributed by atoms with van der Waals surface area (Å²) in [4.78, 5) is 20.0. The smallest absolute Gasteiger partial charge is 0.298 e. The molecule has 0 unspecified atom stereocenters. The average molecular weight is 372 g/mol. The molecular formula is C20H22ClN3O2. The summed E-state index contributed by atoms with van der Waals surface area (Å²) in [7, 11) is 1.63. The van der Waals surface area contributed by atoms with E-state index in [1.807, 2.05) is 24.3 Å². The molecule has 0 saturated carbocycles. The van der Waals surface area contributed by atoms with Crippen LogP contribution in [-0.4, -0.2) is 27.9 Å². The van der Waals surface area contributed by atoms with Crippen molar-refractivity contribution in [2.75, 3.05) is 7.11 Å². The van der Waals surface area contributed by atoms with E-state index in [0.29, 0.717) is 17.5 Å². The van der Waals surface area contributed by atoms with Crippen LogP contribution in [0.1, 0.15) is 38.3 Å². The van der Waals surface area contributed by atoms with Crippen molar-refractivity contribution in [1.29, 1.82) is 0 Å². The predicted octanol–water partition coefficient (Wildman–Crippen LogP) is 4.86. The summed E-state index contributed by atoms with van der Waals surface area (Å²) in [5.74, 6) is 0. The van der Waals surface area contributed by atoms with Crippen LogP contribution in [0, 0.1) is 0 Å². The molecule has 6 heteroatoms. The van der Waals surface area contributed by atoms with Crippen LogP contribution in [0.15, 0.2) is 30.5 Å². The standard InChI is InChI=1S/C20H22ClN3O2/c1-4-14(5-2)24-19-18(23-20(24)26-3)16(8-10-22-19)15-7-6-13(9-11-25)12-17(15)21/h6-8,10-12,14H,4-5,9H2,1-3H3. The highest BCUT2D eigenvalue weighted by molar-refractivity contribution is 6.33. The molecule has 0 atom stereocenters. The van der Waals surface area contributed by atoms with Crippen LogP contribution in [0.4, 0.5) is 0 Å². The van der Waals surface area contributed by atoms with Crippen molar-refractivity contribution in [3.63, 3.8) is 0 Å². The molecule has 0 N–H and O–H groups in total. The molecule has 136 valence electrons. The Bertz CT molecular complexity index is 932. The Balaban J connectivity index is 2.21. The van der Waals surface area contributed by atoms with Gasteiger partial charge in [-0.25, -0.2) is 4.98 Å². The maximum atomic E-state index is 10.7. The van der Waals surface area contributed by atoms with Crippen molar-refractivity contribution in [3.8, 4) is 17.1 Å². The Hall–Kier alpha value is -2.40. The molecule has 26 heavy (non-hydrogen) atoms. The summed E-state index contributed by atoms with van der Waals surface area (Å²) < 4.78 is 7.59. The number of aldehydes is 1. The van der Waals surface area contributed by atoms with Crippen LogP contribution in [0.25, 0.3) is 22.3 Å². The van der Waals surface area contributed by atoms with Gasteiger partial charge in [0.2, 0.25) is 0 Å². The molecule has 0 spiro atoms. The van der Waals surface area contributed by atoms with Gasteiger partial charge < -0.3 is 9.53 Å². The molecule has 0 radical (unpaired) electrons. The number of rotatable bonds is 7. The number of carbonyl (C=O) groups excluding carboxylic acids is 1. The summed E-state index contributed by atoms with van der Waals surface area (Å²) in [6.45, 7) is 4.29. The number of nitrogens with zero attached hydrogens (tertiary/aromatic N) is 3. The number of pyridine rings is 1. The number of methoxy groups -OCH3 is 1. The van der Waals surface area contributed by atoms with Crippen molar-refractivity contribution in [2.24, 2.45) is 0 Å². The second kappa shape index (κ2) is 7.87. The third kappa shape index (κ3) is 3.19. The SMILES string of the molecule is CCC(CC)n1c(OC)nc2c(-c3ccc(CC=O)cc3Cl)ccnc21. The summed E-state index contributed by atoms with van der Waals surface area (Å²) in [6, 6.07) is 8.40. The Kier molecular flexibility index (Phi) is 5.57. The molecule has 0 aliphatic rings. The van der Waals surface area contributed by atoms with Gasteiger partial charge in [-0.2, -0.15) is 4.98 Å². The highest BCUT2D eigenvalue weighted by atomic mass is 35.5.